The number of halogens is 1. The van der Waals surface area contributed by atoms with Crippen molar-refractivity contribution in [2.24, 2.45) is 0 Å². The van der Waals surface area contributed by atoms with Gasteiger partial charge in [0.1, 0.15) is 6.61 Å². The molecule has 15 heavy (non-hydrogen) atoms. The molecule has 0 N–H and O–H groups in total. The molecular formula is C11H22ClNO2. The molecule has 1 unspecified atom stereocenters. The second kappa shape index (κ2) is 6.33. The van der Waals surface area contributed by atoms with E-state index in [2.05, 4.69) is 0 Å². The van der Waals surface area contributed by atoms with Crippen LogP contribution in [-0.2, 0) is 9.53 Å². The van der Waals surface area contributed by atoms with Crippen LogP contribution in [0.15, 0.2) is 0 Å². The number of alkyl halides is 1. The summed E-state index contributed by atoms with van der Waals surface area (Å²) in [6.07, 6.45) is 0.805. The minimum Gasteiger partial charge on any atom is -0.366 e. The topological polar surface area (TPSA) is 29.5 Å². The fraction of sp³-hybridized carbons (Fsp3) is 0.909. The normalized spacial score (nSPS) is 13.7. The highest BCUT2D eigenvalue weighted by molar-refractivity contribution is 6.20. The van der Waals surface area contributed by atoms with Crippen LogP contribution in [0.4, 0.5) is 0 Å². The second-order valence-corrected chi connectivity index (χ2v) is 5.53. The van der Waals surface area contributed by atoms with E-state index in [1.54, 1.807) is 11.9 Å². The molecule has 0 heterocycles. The number of amides is 1. The van der Waals surface area contributed by atoms with Gasteiger partial charge in [-0.25, -0.2) is 0 Å². The van der Waals surface area contributed by atoms with Gasteiger partial charge in [0.05, 0.1) is 5.60 Å². The average Bonchev–Trinajstić information content (AvgIpc) is 2.08. The zero-order chi connectivity index (χ0) is 12.1. The molecule has 0 aliphatic rings. The van der Waals surface area contributed by atoms with Gasteiger partial charge < -0.3 is 9.64 Å². The number of ether oxygens (including phenoxy) is 1. The number of rotatable bonds is 5. The van der Waals surface area contributed by atoms with Gasteiger partial charge in [0.2, 0.25) is 5.91 Å². The van der Waals surface area contributed by atoms with E-state index < -0.39 is 0 Å². The fourth-order valence-corrected chi connectivity index (χ4v) is 0.982. The van der Waals surface area contributed by atoms with Gasteiger partial charge in [0.15, 0.2) is 0 Å². The molecule has 1 amide bonds. The largest absolute Gasteiger partial charge is 0.366 e. The van der Waals surface area contributed by atoms with Gasteiger partial charge in [0.25, 0.3) is 0 Å². The summed E-state index contributed by atoms with van der Waals surface area (Å²) in [5.41, 5.74) is -0.268. The highest BCUT2D eigenvalue weighted by atomic mass is 35.5. The Morgan fingerprint density at radius 2 is 2.00 bits per heavy atom. The van der Waals surface area contributed by atoms with Crippen molar-refractivity contribution in [2.75, 3.05) is 20.2 Å². The summed E-state index contributed by atoms with van der Waals surface area (Å²) < 4.78 is 5.39. The molecule has 4 heteroatoms. The minimum atomic E-state index is -0.268. The molecule has 0 radical (unpaired) electrons. The van der Waals surface area contributed by atoms with Crippen LogP contribution in [-0.4, -0.2) is 42.0 Å². The molecule has 0 aromatic carbocycles. The second-order valence-electron chi connectivity index (χ2n) is 4.79. The van der Waals surface area contributed by atoms with Gasteiger partial charge in [-0.15, -0.1) is 11.6 Å². The lowest BCUT2D eigenvalue weighted by Gasteiger charge is -2.22. The molecule has 0 rings (SSSR count). The first-order chi connectivity index (χ1) is 6.72. The summed E-state index contributed by atoms with van der Waals surface area (Å²) in [7, 11) is 1.77. The van der Waals surface area contributed by atoms with Crippen LogP contribution < -0.4 is 0 Å². The third-order valence-electron chi connectivity index (χ3n) is 1.92. The van der Waals surface area contributed by atoms with Crippen LogP contribution in [0.5, 0.6) is 0 Å². The highest BCUT2D eigenvalue weighted by Gasteiger charge is 2.15. The zero-order valence-electron chi connectivity index (χ0n) is 10.3. The molecule has 1 atom stereocenters. The average molecular weight is 236 g/mol. The van der Waals surface area contributed by atoms with Gasteiger partial charge >= 0.3 is 0 Å². The minimum absolute atomic E-state index is 0.00208. The van der Waals surface area contributed by atoms with E-state index in [-0.39, 0.29) is 23.5 Å². The summed E-state index contributed by atoms with van der Waals surface area (Å²) in [6.45, 7) is 8.53. The van der Waals surface area contributed by atoms with Gasteiger partial charge in [-0.05, 0) is 34.1 Å². The van der Waals surface area contributed by atoms with Crippen molar-refractivity contribution in [2.45, 2.75) is 45.1 Å². The predicted octanol–water partition coefficient (Wildman–Crippen LogP) is 2.28. The summed E-state index contributed by atoms with van der Waals surface area (Å²) >= 11 is 5.81. The number of hydrogen-bond donors (Lipinski definition) is 0. The van der Waals surface area contributed by atoms with E-state index in [0.29, 0.717) is 6.54 Å². The van der Waals surface area contributed by atoms with Gasteiger partial charge in [-0.2, -0.15) is 0 Å². The van der Waals surface area contributed by atoms with Crippen molar-refractivity contribution < 1.29 is 9.53 Å². The SMILES string of the molecule is CC(Cl)CCN(C)C(=O)COC(C)(C)C. The first kappa shape index (κ1) is 14.7. The molecule has 0 aliphatic heterocycles. The highest BCUT2D eigenvalue weighted by Crippen LogP contribution is 2.07. The third-order valence-corrected chi connectivity index (χ3v) is 2.13. The van der Waals surface area contributed by atoms with Crippen LogP contribution in [0, 0.1) is 0 Å². The van der Waals surface area contributed by atoms with Crippen LogP contribution in [0.25, 0.3) is 0 Å². The van der Waals surface area contributed by atoms with Crippen molar-refractivity contribution >= 4 is 17.5 Å². The Bertz CT molecular complexity index is 199. The number of carbonyl (C=O) groups is 1. The van der Waals surface area contributed by atoms with E-state index in [9.17, 15) is 4.79 Å². The van der Waals surface area contributed by atoms with E-state index in [1.807, 2.05) is 27.7 Å². The van der Waals surface area contributed by atoms with E-state index in [1.165, 1.54) is 0 Å². The number of carbonyl (C=O) groups excluding carboxylic acids is 1. The molecule has 0 fully saturated rings. The number of likely N-dealkylation sites (N-methyl/N-ethyl adjacent to an activating group) is 1. The molecule has 0 aromatic heterocycles. The summed E-state index contributed by atoms with van der Waals surface area (Å²) in [5.74, 6) is 0.00208. The van der Waals surface area contributed by atoms with Crippen molar-refractivity contribution in [1.82, 2.24) is 4.90 Å². The third kappa shape index (κ3) is 8.70. The van der Waals surface area contributed by atoms with Crippen LogP contribution in [0.2, 0.25) is 0 Å². The molecule has 0 aromatic rings. The molecule has 0 saturated carbocycles. The maximum absolute atomic E-state index is 11.6. The van der Waals surface area contributed by atoms with Crippen LogP contribution >= 0.6 is 11.6 Å². The Morgan fingerprint density at radius 3 is 2.40 bits per heavy atom. The first-order valence-corrected chi connectivity index (χ1v) is 5.68. The number of hydrogen-bond acceptors (Lipinski definition) is 2. The molecule has 0 spiro atoms. The van der Waals surface area contributed by atoms with Crippen molar-refractivity contribution in [1.29, 1.82) is 0 Å². The van der Waals surface area contributed by atoms with Crippen molar-refractivity contribution in [3.63, 3.8) is 0 Å². The molecule has 0 aliphatic carbocycles. The summed E-state index contributed by atoms with van der Waals surface area (Å²) in [4.78, 5) is 13.2. The molecule has 3 nitrogen and oxygen atoms in total. The molecule has 0 bridgehead atoms. The van der Waals surface area contributed by atoms with Crippen LogP contribution in [0.3, 0.4) is 0 Å². The van der Waals surface area contributed by atoms with Gasteiger partial charge in [-0.3, -0.25) is 4.79 Å². The number of nitrogens with zero attached hydrogens (tertiary/aromatic N) is 1. The van der Waals surface area contributed by atoms with E-state index in [4.69, 9.17) is 16.3 Å². The Morgan fingerprint density at radius 1 is 1.47 bits per heavy atom. The first-order valence-electron chi connectivity index (χ1n) is 5.24. The maximum atomic E-state index is 11.6. The van der Waals surface area contributed by atoms with E-state index >= 15 is 0 Å². The Labute approximate surface area is 97.7 Å². The smallest absolute Gasteiger partial charge is 0.248 e. The summed E-state index contributed by atoms with van der Waals surface area (Å²) in [5, 5.41) is 0.101. The molecular weight excluding hydrogens is 214 g/mol. The maximum Gasteiger partial charge on any atom is 0.248 e. The van der Waals surface area contributed by atoms with Crippen molar-refractivity contribution in [3.8, 4) is 0 Å². The van der Waals surface area contributed by atoms with E-state index in [0.717, 1.165) is 6.42 Å². The Kier molecular flexibility index (Phi) is 6.22. The lowest BCUT2D eigenvalue weighted by atomic mass is 10.2. The lowest BCUT2D eigenvalue weighted by Crippen LogP contribution is -2.34. The predicted molar refractivity (Wildman–Crippen MR) is 63.3 cm³/mol. The van der Waals surface area contributed by atoms with Gasteiger partial charge in [-0.1, -0.05) is 0 Å². The van der Waals surface area contributed by atoms with Gasteiger partial charge in [0, 0.05) is 19.0 Å². The Hall–Kier alpha value is -0.280. The lowest BCUT2D eigenvalue weighted by molar-refractivity contribution is -0.139. The van der Waals surface area contributed by atoms with Crippen LogP contribution in [0.1, 0.15) is 34.1 Å². The standard InChI is InChI=1S/C11H22ClNO2/c1-9(12)6-7-13(5)10(14)8-15-11(2,3)4/h9H,6-8H2,1-5H3. The molecule has 0 saturated heterocycles. The monoisotopic (exact) mass is 235 g/mol. The Balaban J connectivity index is 3.80. The quantitative estimate of drug-likeness (QED) is 0.685. The van der Waals surface area contributed by atoms with Crippen molar-refractivity contribution in [3.05, 3.63) is 0 Å². The fourth-order valence-electron chi connectivity index (χ4n) is 0.885. The molecule has 90 valence electrons. The zero-order valence-corrected chi connectivity index (χ0v) is 11.1. The summed E-state index contributed by atoms with van der Waals surface area (Å²) in [6, 6.07) is 0.